The molecule has 1 aromatic rings. The number of ether oxygens (including phenoxy) is 3. The van der Waals surface area contributed by atoms with Gasteiger partial charge in [-0.25, -0.2) is 4.79 Å². The van der Waals surface area contributed by atoms with Gasteiger partial charge in [-0.2, -0.15) is 0 Å². The van der Waals surface area contributed by atoms with Gasteiger partial charge in [-0.1, -0.05) is 30.3 Å². The van der Waals surface area contributed by atoms with E-state index in [1.165, 1.54) is 4.90 Å². The lowest BCUT2D eigenvalue weighted by atomic mass is 9.96. The lowest BCUT2D eigenvalue weighted by Gasteiger charge is -2.28. The Morgan fingerprint density at radius 1 is 0.943 bits per heavy atom. The summed E-state index contributed by atoms with van der Waals surface area (Å²) in [7, 11) is 0. The number of nitrogens with zero attached hydrogens (tertiary/aromatic N) is 1. The van der Waals surface area contributed by atoms with E-state index in [0.29, 0.717) is 6.42 Å². The van der Waals surface area contributed by atoms with Crippen LogP contribution in [0.4, 0.5) is 4.79 Å². The first-order chi connectivity index (χ1) is 16.2. The van der Waals surface area contributed by atoms with Gasteiger partial charge >= 0.3 is 18.0 Å². The molecular weight excluding hydrogens is 452 g/mol. The van der Waals surface area contributed by atoms with Crippen LogP contribution in [0.15, 0.2) is 30.3 Å². The highest BCUT2D eigenvalue weighted by Crippen LogP contribution is 2.15. The molecular formula is C26H40N2O7. The molecule has 0 heterocycles. The van der Waals surface area contributed by atoms with Crippen LogP contribution in [0.5, 0.6) is 0 Å². The summed E-state index contributed by atoms with van der Waals surface area (Å²) in [4.78, 5) is 51.1. The number of esters is 2. The third-order valence-electron chi connectivity index (χ3n) is 4.47. The van der Waals surface area contributed by atoms with E-state index in [1.54, 1.807) is 48.5 Å². The number of benzene rings is 1. The monoisotopic (exact) mass is 492 g/mol. The van der Waals surface area contributed by atoms with Gasteiger partial charge in [0.1, 0.15) is 17.7 Å². The van der Waals surface area contributed by atoms with Crippen molar-refractivity contribution in [1.82, 2.24) is 10.2 Å². The molecule has 0 radical (unpaired) electrons. The second-order valence-corrected chi connectivity index (χ2v) is 10.2. The van der Waals surface area contributed by atoms with E-state index in [2.05, 4.69) is 5.32 Å². The van der Waals surface area contributed by atoms with Crippen molar-refractivity contribution in [2.45, 2.75) is 72.5 Å². The van der Waals surface area contributed by atoms with Crippen LogP contribution in [0, 0.1) is 5.92 Å². The molecule has 0 fully saturated rings. The molecule has 1 unspecified atom stereocenters. The Kier molecular flexibility index (Phi) is 11.7. The summed E-state index contributed by atoms with van der Waals surface area (Å²) in [6.45, 7) is 12.1. The second kappa shape index (κ2) is 13.7. The molecule has 0 saturated carbocycles. The van der Waals surface area contributed by atoms with E-state index < -0.39 is 35.2 Å². The van der Waals surface area contributed by atoms with Gasteiger partial charge in [0.2, 0.25) is 5.91 Å². The van der Waals surface area contributed by atoms with Gasteiger partial charge < -0.3 is 19.5 Å². The maximum atomic E-state index is 12.6. The standard InChI is InChI=1S/C26H40N2O7/c1-8-33-23(31)20(16-19-12-10-9-11-13-19)17-21(29)27-14-15-28(24(32)35-26(5,6)7)18-22(30)34-25(2,3)4/h9-13,20H,8,14-18H2,1-7H3,(H,27,29). The molecule has 1 aromatic carbocycles. The lowest BCUT2D eigenvalue weighted by molar-refractivity contribution is -0.156. The van der Waals surface area contributed by atoms with Crippen LogP contribution in [-0.4, -0.2) is 66.3 Å². The molecule has 35 heavy (non-hydrogen) atoms. The fourth-order valence-corrected chi connectivity index (χ4v) is 3.11. The number of rotatable bonds is 11. The highest BCUT2D eigenvalue weighted by atomic mass is 16.6. The molecule has 0 aliphatic heterocycles. The molecule has 9 heteroatoms. The fourth-order valence-electron chi connectivity index (χ4n) is 3.11. The molecule has 196 valence electrons. The van der Waals surface area contributed by atoms with E-state index in [1.807, 2.05) is 30.3 Å². The smallest absolute Gasteiger partial charge is 0.410 e. The highest BCUT2D eigenvalue weighted by Gasteiger charge is 2.27. The van der Waals surface area contributed by atoms with Crippen molar-refractivity contribution >= 4 is 23.9 Å². The minimum Gasteiger partial charge on any atom is -0.466 e. The number of hydrogen-bond acceptors (Lipinski definition) is 7. The van der Waals surface area contributed by atoms with Crippen molar-refractivity contribution < 1.29 is 33.4 Å². The third kappa shape index (κ3) is 13.4. The van der Waals surface area contributed by atoms with Gasteiger partial charge in [-0.15, -0.1) is 0 Å². The van der Waals surface area contributed by atoms with E-state index in [4.69, 9.17) is 14.2 Å². The molecule has 0 saturated heterocycles. The molecule has 0 spiro atoms. The summed E-state index contributed by atoms with van der Waals surface area (Å²) in [5.74, 6) is -2.02. The average Bonchev–Trinajstić information content (AvgIpc) is 2.71. The highest BCUT2D eigenvalue weighted by molar-refractivity contribution is 5.83. The fraction of sp³-hybridized carbons (Fsp3) is 0.615. The van der Waals surface area contributed by atoms with Crippen LogP contribution >= 0.6 is 0 Å². The van der Waals surface area contributed by atoms with E-state index in [0.717, 1.165) is 5.56 Å². The van der Waals surface area contributed by atoms with E-state index in [9.17, 15) is 19.2 Å². The average molecular weight is 493 g/mol. The number of carbonyl (C=O) groups excluding carboxylic acids is 4. The number of nitrogens with one attached hydrogen (secondary N) is 1. The molecule has 1 rings (SSSR count). The molecule has 2 amide bonds. The van der Waals surface area contributed by atoms with Gasteiger partial charge in [0.05, 0.1) is 12.5 Å². The van der Waals surface area contributed by atoms with Crippen LogP contribution in [0.1, 0.15) is 60.5 Å². The summed E-state index contributed by atoms with van der Waals surface area (Å²) in [6, 6.07) is 9.39. The van der Waals surface area contributed by atoms with Crippen molar-refractivity contribution in [3.63, 3.8) is 0 Å². The topological polar surface area (TPSA) is 111 Å². The van der Waals surface area contributed by atoms with Gasteiger partial charge in [0, 0.05) is 19.5 Å². The largest absolute Gasteiger partial charge is 0.466 e. The Morgan fingerprint density at radius 3 is 2.09 bits per heavy atom. The minimum atomic E-state index is -0.753. The van der Waals surface area contributed by atoms with Crippen molar-refractivity contribution in [1.29, 1.82) is 0 Å². The molecule has 1 N–H and O–H groups in total. The quantitative estimate of drug-likeness (QED) is 0.372. The Balaban J connectivity index is 2.75. The first-order valence-electron chi connectivity index (χ1n) is 11.9. The van der Waals surface area contributed by atoms with Crippen molar-refractivity contribution in [2.24, 2.45) is 5.92 Å². The summed E-state index contributed by atoms with van der Waals surface area (Å²) < 4.78 is 15.8. The third-order valence-corrected chi connectivity index (χ3v) is 4.47. The zero-order chi connectivity index (χ0) is 26.6. The maximum absolute atomic E-state index is 12.6. The van der Waals surface area contributed by atoms with Crippen molar-refractivity contribution in [3.05, 3.63) is 35.9 Å². The predicted octanol–water partition coefficient (Wildman–Crippen LogP) is 3.49. The van der Waals surface area contributed by atoms with Gasteiger partial charge in [-0.05, 0) is 60.5 Å². The zero-order valence-electron chi connectivity index (χ0n) is 22.0. The van der Waals surface area contributed by atoms with Gasteiger partial charge in [0.15, 0.2) is 0 Å². The predicted molar refractivity (Wildman–Crippen MR) is 132 cm³/mol. The number of amides is 2. The van der Waals surface area contributed by atoms with Gasteiger partial charge in [0.25, 0.3) is 0 Å². The van der Waals surface area contributed by atoms with Crippen LogP contribution in [0.2, 0.25) is 0 Å². The normalized spacial score (nSPS) is 12.3. The molecule has 9 nitrogen and oxygen atoms in total. The Labute approximate surface area is 208 Å². The Bertz CT molecular complexity index is 841. The van der Waals surface area contributed by atoms with Crippen molar-refractivity contribution in [2.75, 3.05) is 26.2 Å². The molecule has 1 atom stereocenters. The first kappa shape index (κ1) is 29.9. The van der Waals surface area contributed by atoms with Crippen LogP contribution in [-0.2, 0) is 35.0 Å². The van der Waals surface area contributed by atoms with Crippen LogP contribution in [0.25, 0.3) is 0 Å². The van der Waals surface area contributed by atoms with Gasteiger partial charge in [-0.3, -0.25) is 19.3 Å². The zero-order valence-corrected chi connectivity index (χ0v) is 22.0. The number of hydrogen-bond donors (Lipinski definition) is 1. The molecule has 0 bridgehead atoms. The summed E-state index contributed by atoms with van der Waals surface area (Å²) in [5.41, 5.74) is -0.533. The first-order valence-corrected chi connectivity index (χ1v) is 11.9. The molecule has 0 aromatic heterocycles. The number of carbonyl (C=O) groups is 4. The maximum Gasteiger partial charge on any atom is 0.410 e. The van der Waals surface area contributed by atoms with E-state index in [-0.39, 0.29) is 38.6 Å². The second-order valence-electron chi connectivity index (χ2n) is 10.2. The molecule has 0 aliphatic rings. The minimum absolute atomic E-state index is 0.0304. The van der Waals surface area contributed by atoms with Crippen molar-refractivity contribution in [3.8, 4) is 0 Å². The van der Waals surface area contributed by atoms with Crippen LogP contribution in [0.3, 0.4) is 0 Å². The van der Waals surface area contributed by atoms with Crippen LogP contribution < -0.4 is 5.32 Å². The Morgan fingerprint density at radius 2 is 1.54 bits per heavy atom. The summed E-state index contributed by atoms with van der Waals surface area (Å²) in [5, 5.41) is 2.72. The summed E-state index contributed by atoms with van der Waals surface area (Å²) >= 11 is 0. The van der Waals surface area contributed by atoms with E-state index >= 15 is 0 Å². The Hall–Kier alpha value is -3.10. The summed E-state index contributed by atoms with van der Waals surface area (Å²) in [6.07, 6.45) is -0.381. The SMILES string of the molecule is CCOC(=O)C(CC(=O)NCCN(CC(=O)OC(C)(C)C)C(=O)OC(C)(C)C)Cc1ccccc1. The lowest BCUT2D eigenvalue weighted by Crippen LogP contribution is -2.45. The molecule has 0 aliphatic carbocycles.